The van der Waals surface area contributed by atoms with Crippen molar-refractivity contribution in [1.29, 1.82) is 0 Å². The Morgan fingerprint density at radius 3 is 2.89 bits per heavy atom. The molecular weight excluding hydrogens is 282 g/mol. The summed E-state index contributed by atoms with van der Waals surface area (Å²) in [4.78, 5) is 10.8. The lowest BCUT2D eigenvalue weighted by Gasteiger charge is -2.14. The molecule has 0 aliphatic carbocycles. The van der Waals surface area contributed by atoms with Gasteiger partial charge in [0.15, 0.2) is 5.82 Å². The number of thiophene rings is 1. The van der Waals surface area contributed by atoms with Gasteiger partial charge in [0.1, 0.15) is 5.02 Å². The summed E-state index contributed by atoms with van der Waals surface area (Å²) in [6.45, 7) is 4.21. The molecule has 0 spiro atoms. The van der Waals surface area contributed by atoms with Crippen molar-refractivity contribution in [2.45, 2.75) is 26.3 Å². The Kier molecular flexibility index (Phi) is 4.61. The fourth-order valence-corrected chi connectivity index (χ4v) is 2.90. The number of aromatic nitrogens is 2. The number of aryl methyl sites for hydroxylation is 1. The molecular formula is C13H16ClN3OS. The molecule has 0 aliphatic rings. The van der Waals surface area contributed by atoms with Crippen LogP contribution in [0.4, 0.5) is 5.82 Å². The van der Waals surface area contributed by atoms with Gasteiger partial charge < -0.3 is 10.1 Å². The average Bonchev–Trinajstić information content (AvgIpc) is 2.77. The SMILES string of the molecule is COc1ncc(Cl)c(NC(C)Cc2ccc(C)s2)n1. The van der Waals surface area contributed by atoms with Crippen molar-refractivity contribution in [1.82, 2.24) is 9.97 Å². The summed E-state index contributed by atoms with van der Waals surface area (Å²) in [6, 6.07) is 4.83. The van der Waals surface area contributed by atoms with E-state index in [1.165, 1.54) is 23.1 Å². The van der Waals surface area contributed by atoms with Gasteiger partial charge in [-0.15, -0.1) is 11.3 Å². The second-order valence-electron chi connectivity index (χ2n) is 4.32. The lowest BCUT2D eigenvalue weighted by atomic mass is 10.2. The highest BCUT2D eigenvalue weighted by molar-refractivity contribution is 7.11. The van der Waals surface area contributed by atoms with Crippen LogP contribution in [-0.4, -0.2) is 23.1 Å². The second-order valence-corrected chi connectivity index (χ2v) is 6.09. The molecule has 2 rings (SSSR count). The standard InChI is InChI=1S/C13H16ClN3OS/c1-8(6-10-5-4-9(2)19-10)16-12-11(14)7-15-13(17-12)18-3/h4-5,7-8H,6H2,1-3H3,(H,15,16,17). The van der Waals surface area contributed by atoms with Crippen LogP contribution in [0.15, 0.2) is 18.3 Å². The normalized spacial score (nSPS) is 12.2. The summed E-state index contributed by atoms with van der Waals surface area (Å²) >= 11 is 7.87. The molecule has 2 heterocycles. The van der Waals surface area contributed by atoms with Gasteiger partial charge in [-0.3, -0.25) is 0 Å². The van der Waals surface area contributed by atoms with E-state index in [9.17, 15) is 0 Å². The van der Waals surface area contributed by atoms with E-state index in [-0.39, 0.29) is 6.04 Å². The molecule has 1 N–H and O–H groups in total. The van der Waals surface area contributed by atoms with Crippen molar-refractivity contribution >= 4 is 28.8 Å². The first kappa shape index (κ1) is 14.1. The largest absolute Gasteiger partial charge is 0.467 e. The highest BCUT2D eigenvalue weighted by atomic mass is 35.5. The number of hydrogen-bond acceptors (Lipinski definition) is 5. The second kappa shape index (κ2) is 6.21. The van der Waals surface area contributed by atoms with Gasteiger partial charge in [0.25, 0.3) is 0 Å². The zero-order valence-electron chi connectivity index (χ0n) is 11.1. The third-order valence-electron chi connectivity index (χ3n) is 2.59. The van der Waals surface area contributed by atoms with Crippen LogP contribution >= 0.6 is 22.9 Å². The number of nitrogens with zero attached hydrogens (tertiary/aromatic N) is 2. The summed E-state index contributed by atoms with van der Waals surface area (Å²) in [5.41, 5.74) is 0. The lowest BCUT2D eigenvalue weighted by molar-refractivity contribution is 0.380. The minimum Gasteiger partial charge on any atom is -0.467 e. The molecule has 0 aromatic carbocycles. The Bertz CT molecular complexity index is 559. The highest BCUT2D eigenvalue weighted by Crippen LogP contribution is 2.23. The number of rotatable bonds is 5. The monoisotopic (exact) mass is 297 g/mol. The van der Waals surface area contributed by atoms with Crippen LogP contribution in [0.3, 0.4) is 0 Å². The van der Waals surface area contributed by atoms with Crippen molar-refractivity contribution in [2.75, 3.05) is 12.4 Å². The molecule has 0 saturated heterocycles. The number of halogens is 1. The number of nitrogens with one attached hydrogen (secondary N) is 1. The molecule has 0 aliphatic heterocycles. The third kappa shape index (κ3) is 3.81. The van der Waals surface area contributed by atoms with Gasteiger partial charge in [-0.05, 0) is 26.0 Å². The summed E-state index contributed by atoms with van der Waals surface area (Å²) < 4.78 is 4.99. The Balaban J connectivity index is 2.03. The molecule has 102 valence electrons. The molecule has 0 amide bonds. The molecule has 2 aromatic heterocycles. The Labute approximate surface area is 121 Å². The highest BCUT2D eigenvalue weighted by Gasteiger charge is 2.10. The van der Waals surface area contributed by atoms with Crippen LogP contribution in [-0.2, 0) is 6.42 Å². The van der Waals surface area contributed by atoms with Gasteiger partial charge >= 0.3 is 6.01 Å². The van der Waals surface area contributed by atoms with Crippen LogP contribution in [0.2, 0.25) is 5.02 Å². The van der Waals surface area contributed by atoms with E-state index in [0.717, 1.165) is 6.42 Å². The number of anilines is 1. The van der Waals surface area contributed by atoms with Gasteiger partial charge in [0.2, 0.25) is 0 Å². The molecule has 1 atom stereocenters. The van der Waals surface area contributed by atoms with Crippen LogP contribution < -0.4 is 10.1 Å². The minimum absolute atomic E-state index is 0.232. The van der Waals surface area contributed by atoms with Crippen molar-refractivity contribution in [3.8, 4) is 6.01 Å². The van der Waals surface area contributed by atoms with Gasteiger partial charge in [-0.2, -0.15) is 4.98 Å². The van der Waals surface area contributed by atoms with Gasteiger partial charge in [0.05, 0.1) is 13.3 Å². The molecule has 1 unspecified atom stereocenters. The first-order valence-electron chi connectivity index (χ1n) is 5.97. The van der Waals surface area contributed by atoms with Crippen LogP contribution in [0.5, 0.6) is 6.01 Å². The third-order valence-corrected chi connectivity index (χ3v) is 3.89. The van der Waals surface area contributed by atoms with E-state index >= 15 is 0 Å². The summed E-state index contributed by atoms with van der Waals surface area (Å²) in [5.74, 6) is 0.606. The predicted molar refractivity (Wildman–Crippen MR) is 79.4 cm³/mol. The topological polar surface area (TPSA) is 47.0 Å². The Hall–Kier alpha value is -1.33. The maximum Gasteiger partial charge on any atom is 0.318 e. The van der Waals surface area contributed by atoms with Crippen molar-refractivity contribution < 1.29 is 4.74 Å². The van der Waals surface area contributed by atoms with E-state index in [1.54, 1.807) is 0 Å². The van der Waals surface area contributed by atoms with Crippen LogP contribution in [0, 0.1) is 6.92 Å². The van der Waals surface area contributed by atoms with Crippen molar-refractivity contribution in [3.05, 3.63) is 33.1 Å². The van der Waals surface area contributed by atoms with E-state index in [1.807, 2.05) is 11.3 Å². The van der Waals surface area contributed by atoms with E-state index in [4.69, 9.17) is 16.3 Å². The predicted octanol–water partition coefficient (Wildman–Crippen LogP) is 3.55. The van der Waals surface area contributed by atoms with E-state index in [2.05, 4.69) is 41.3 Å². The minimum atomic E-state index is 0.232. The van der Waals surface area contributed by atoms with E-state index < -0.39 is 0 Å². The number of methoxy groups -OCH3 is 1. The fraction of sp³-hybridized carbons (Fsp3) is 0.385. The molecule has 0 bridgehead atoms. The molecule has 0 saturated carbocycles. The maximum absolute atomic E-state index is 6.06. The van der Waals surface area contributed by atoms with E-state index in [0.29, 0.717) is 16.9 Å². The lowest BCUT2D eigenvalue weighted by Crippen LogP contribution is -2.19. The molecule has 19 heavy (non-hydrogen) atoms. The maximum atomic E-state index is 6.06. The first-order valence-corrected chi connectivity index (χ1v) is 7.16. The Morgan fingerprint density at radius 2 is 2.26 bits per heavy atom. The molecule has 0 radical (unpaired) electrons. The summed E-state index contributed by atoms with van der Waals surface area (Å²) in [6.07, 6.45) is 2.47. The zero-order chi connectivity index (χ0) is 13.8. The van der Waals surface area contributed by atoms with Gasteiger partial charge in [-0.1, -0.05) is 11.6 Å². The molecule has 6 heteroatoms. The van der Waals surface area contributed by atoms with Gasteiger partial charge in [-0.25, -0.2) is 4.98 Å². The van der Waals surface area contributed by atoms with Crippen LogP contribution in [0.25, 0.3) is 0 Å². The number of ether oxygens (including phenoxy) is 1. The fourth-order valence-electron chi connectivity index (χ4n) is 1.73. The summed E-state index contributed by atoms with van der Waals surface area (Å²) in [7, 11) is 1.53. The first-order chi connectivity index (χ1) is 9.08. The molecule has 4 nitrogen and oxygen atoms in total. The zero-order valence-corrected chi connectivity index (χ0v) is 12.7. The Morgan fingerprint density at radius 1 is 1.47 bits per heavy atom. The van der Waals surface area contributed by atoms with Gasteiger partial charge in [0, 0.05) is 22.2 Å². The van der Waals surface area contributed by atoms with Crippen LogP contribution in [0.1, 0.15) is 16.7 Å². The average molecular weight is 298 g/mol. The molecule has 0 fully saturated rings. The quantitative estimate of drug-likeness (QED) is 0.917. The summed E-state index contributed by atoms with van der Waals surface area (Å²) in [5, 5.41) is 3.78. The van der Waals surface area contributed by atoms with Crippen molar-refractivity contribution in [2.24, 2.45) is 0 Å². The molecule has 2 aromatic rings. The number of hydrogen-bond donors (Lipinski definition) is 1. The smallest absolute Gasteiger partial charge is 0.318 e. The van der Waals surface area contributed by atoms with Crippen molar-refractivity contribution in [3.63, 3.8) is 0 Å².